The summed E-state index contributed by atoms with van der Waals surface area (Å²) in [5.74, 6) is 0. The van der Waals surface area contributed by atoms with Crippen LogP contribution in [-0.4, -0.2) is 0 Å². The van der Waals surface area contributed by atoms with Gasteiger partial charge < -0.3 is 5.32 Å². The van der Waals surface area contributed by atoms with E-state index in [-0.39, 0.29) is 6.04 Å². The average Bonchev–Trinajstić information content (AvgIpc) is 2.40. The van der Waals surface area contributed by atoms with Crippen LogP contribution in [0.25, 0.3) is 0 Å². The van der Waals surface area contributed by atoms with Crippen molar-refractivity contribution >= 4 is 11.6 Å². The van der Waals surface area contributed by atoms with Crippen LogP contribution in [0, 0.1) is 0 Å². The molecule has 2 rings (SSSR count). The monoisotopic (exact) mass is 259 g/mol. The van der Waals surface area contributed by atoms with Crippen LogP contribution in [0.4, 0.5) is 0 Å². The van der Waals surface area contributed by atoms with E-state index in [4.69, 9.17) is 11.6 Å². The van der Waals surface area contributed by atoms with Gasteiger partial charge in [0.1, 0.15) is 0 Å². The lowest BCUT2D eigenvalue weighted by Gasteiger charge is -2.21. The van der Waals surface area contributed by atoms with Crippen LogP contribution in [-0.2, 0) is 0 Å². The zero-order valence-electron chi connectivity index (χ0n) is 10.7. The van der Waals surface area contributed by atoms with Gasteiger partial charge in [-0.15, -0.1) is 0 Å². The number of nitrogens with one attached hydrogen (secondary N) is 1. The summed E-state index contributed by atoms with van der Waals surface area (Å²) in [6.07, 6.45) is 0. The van der Waals surface area contributed by atoms with Gasteiger partial charge in [-0.1, -0.05) is 60.1 Å². The fourth-order valence-electron chi connectivity index (χ4n) is 2.13. The fraction of sp³-hybridized carbons (Fsp3) is 0.250. The minimum Gasteiger partial charge on any atom is -0.304 e. The van der Waals surface area contributed by atoms with Crippen LogP contribution >= 0.6 is 11.6 Å². The molecule has 0 saturated carbocycles. The maximum absolute atomic E-state index is 6.21. The lowest BCUT2D eigenvalue weighted by Crippen LogP contribution is -2.22. The van der Waals surface area contributed by atoms with Crippen LogP contribution in [0.5, 0.6) is 0 Å². The van der Waals surface area contributed by atoms with E-state index in [1.165, 1.54) is 5.56 Å². The van der Waals surface area contributed by atoms with Crippen molar-refractivity contribution in [2.75, 3.05) is 0 Å². The van der Waals surface area contributed by atoms with E-state index in [1.54, 1.807) is 0 Å². The van der Waals surface area contributed by atoms with Crippen molar-refractivity contribution in [3.63, 3.8) is 0 Å². The molecule has 0 radical (unpaired) electrons. The van der Waals surface area contributed by atoms with Gasteiger partial charge in [-0.05, 0) is 31.0 Å². The van der Waals surface area contributed by atoms with Gasteiger partial charge in [0.25, 0.3) is 0 Å². The largest absolute Gasteiger partial charge is 0.304 e. The van der Waals surface area contributed by atoms with Gasteiger partial charge in [-0.2, -0.15) is 0 Å². The molecule has 1 nitrogen and oxygen atoms in total. The molecule has 2 heteroatoms. The minimum absolute atomic E-state index is 0.230. The van der Waals surface area contributed by atoms with Crippen molar-refractivity contribution in [3.8, 4) is 0 Å². The van der Waals surface area contributed by atoms with Gasteiger partial charge in [0.05, 0.1) is 0 Å². The molecular weight excluding hydrogens is 242 g/mol. The molecule has 1 unspecified atom stereocenters. The first-order valence-electron chi connectivity index (χ1n) is 6.24. The molecule has 0 aromatic heterocycles. The summed E-state index contributed by atoms with van der Waals surface area (Å²) in [5, 5.41) is 4.39. The van der Waals surface area contributed by atoms with Crippen molar-refractivity contribution in [3.05, 3.63) is 70.7 Å². The minimum atomic E-state index is 0.230. The number of hydrogen-bond acceptors (Lipinski definition) is 1. The van der Waals surface area contributed by atoms with Crippen molar-refractivity contribution < 1.29 is 0 Å². The highest BCUT2D eigenvalue weighted by Crippen LogP contribution is 2.24. The number of benzene rings is 2. The molecule has 2 aromatic carbocycles. The van der Waals surface area contributed by atoms with E-state index in [2.05, 4.69) is 49.5 Å². The third kappa shape index (κ3) is 3.12. The van der Waals surface area contributed by atoms with Crippen molar-refractivity contribution in [2.45, 2.75) is 25.9 Å². The lowest BCUT2D eigenvalue weighted by atomic mass is 10.0. The number of rotatable bonds is 4. The van der Waals surface area contributed by atoms with Gasteiger partial charge in [0, 0.05) is 17.1 Å². The topological polar surface area (TPSA) is 12.0 Å². The molecule has 0 spiro atoms. The molecule has 2 aromatic rings. The third-order valence-electron chi connectivity index (χ3n) is 3.17. The Balaban J connectivity index is 2.08. The molecule has 0 aliphatic rings. The van der Waals surface area contributed by atoms with Crippen molar-refractivity contribution in [1.82, 2.24) is 5.32 Å². The second-order valence-corrected chi connectivity index (χ2v) is 4.95. The van der Waals surface area contributed by atoms with Crippen LogP contribution in [0.1, 0.15) is 37.1 Å². The van der Waals surface area contributed by atoms with Gasteiger partial charge in [0.15, 0.2) is 0 Å². The first-order valence-corrected chi connectivity index (χ1v) is 6.61. The number of hydrogen-bond donors (Lipinski definition) is 1. The summed E-state index contributed by atoms with van der Waals surface area (Å²) < 4.78 is 0. The number of halogens is 1. The Morgan fingerprint density at radius 1 is 0.833 bits per heavy atom. The Hall–Kier alpha value is -1.31. The van der Waals surface area contributed by atoms with Gasteiger partial charge in [-0.25, -0.2) is 0 Å². The molecule has 0 amide bonds. The van der Waals surface area contributed by atoms with E-state index in [0.717, 1.165) is 10.6 Å². The summed E-state index contributed by atoms with van der Waals surface area (Å²) in [6.45, 7) is 4.31. The third-order valence-corrected chi connectivity index (χ3v) is 3.52. The molecule has 94 valence electrons. The molecule has 0 aliphatic carbocycles. The molecule has 0 saturated heterocycles. The maximum atomic E-state index is 6.21. The summed E-state index contributed by atoms with van der Waals surface area (Å²) in [4.78, 5) is 0. The SMILES string of the molecule is CC(N[C@@H](C)c1ccccc1)c1ccccc1Cl. The van der Waals surface area contributed by atoms with Gasteiger partial charge in [0.2, 0.25) is 0 Å². The predicted octanol–water partition coefficient (Wildman–Crippen LogP) is 4.75. The van der Waals surface area contributed by atoms with E-state index < -0.39 is 0 Å². The predicted molar refractivity (Wildman–Crippen MR) is 77.9 cm³/mol. The highest BCUT2D eigenvalue weighted by atomic mass is 35.5. The van der Waals surface area contributed by atoms with Crippen LogP contribution in [0.3, 0.4) is 0 Å². The summed E-state index contributed by atoms with van der Waals surface area (Å²) in [6, 6.07) is 18.9. The fourth-order valence-corrected chi connectivity index (χ4v) is 2.43. The smallest absolute Gasteiger partial charge is 0.0453 e. The molecular formula is C16H18ClN. The molecule has 2 atom stereocenters. The Bertz CT molecular complexity index is 495. The van der Waals surface area contributed by atoms with E-state index in [9.17, 15) is 0 Å². The van der Waals surface area contributed by atoms with E-state index in [0.29, 0.717) is 6.04 Å². The Labute approximate surface area is 114 Å². The summed E-state index contributed by atoms with van der Waals surface area (Å²) in [7, 11) is 0. The Morgan fingerprint density at radius 3 is 2.11 bits per heavy atom. The first kappa shape index (κ1) is 13.1. The average molecular weight is 260 g/mol. The summed E-state index contributed by atoms with van der Waals surface area (Å²) >= 11 is 6.21. The lowest BCUT2D eigenvalue weighted by molar-refractivity contribution is 0.495. The second kappa shape index (κ2) is 6.03. The first-order chi connectivity index (χ1) is 8.68. The van der Waals surface area contributed by atoms with Crippen LogP contribution in [0.15, 0.2) is 54.6 Å². The van der Waals surface area contributed by atoms with Crippen molar-refractivity contribution in [1.29, 1.82) is 0 Å². The Kier molecular flexibility index (Phi) is 4.40. The molecule has 1 N–H and O–H groups in total. The Morgan fingerprint density at radius 2 is 1.44 bits per heavy atom. The molecule has 0 heterocycles. The quantitative estimate of drug-likeness (QED) is 0.835. The van der Waals surface area contributed by atoms with E-state index >= 15 is 0 Å². The van der Waals surface area contributed by atoms with Crippen molar-refractivity contribution in [2.24, 2.45) is 0 Å². The summed E-state index contributed by atoms with van der Waals surface area (Å²) in [5.41, 5.74) is 2.43. The van der Waals surface area contributed by atoms with Gasteiger partial charge in [-0.3, -0.25) is 0 Å². The highest BCUT2D eigenvalue weighted by molar-refractivity contribution is 6.31. The molecule has 0 aliphatic heterocycles. The standard InChI is InChI=1S/C16H18ClN/c1-12(14-8-4-3-5-9-14)18-13(2)15-10-6-7-11-16(15)17/h3-13,18H,1-2H3/t12-,13?/m0/s1. The molecule has 18 heavy (non-hydrogen) atoms. The normalized spacial score (nSPS) is 14.2. The highest BCUT2D eigenvalue weighted by Gasteiger charge is 2.12. The van der Waals surface area contributed by atoms with Gasteiger partial charge >= 0.3 is 0 Å². The molecule has 0 fully saturated rings. The zero-order chi connectivity index (χ0) is 13.0. The van der Waals surface area contributed by atoms with E-state index in [1.807, 2.05) is 24.3 Å². The zero-order valence-corrected chi connectivity index (χ0v) is 11.5. The van der Waals surface area contributed by atoms with Crippen LogP contribution < -0.4 is 5.32 Å². The maximum Gasteiger partial charge on any atom is 0.0453 e. The van der Waals surface area contributed by atoms with Crippen LogP contribution in [0.2, 0.25) is 5.02 Å². The second-order valence-electron chi connectivity index (χ2n) is 4.54. The molecule has 0 bridgehead atoms.